The number of fused-ring (bicyclic) bond motifs is 1. The molecule has 2 N–H and O–H groups in total. The van der Waals surface area contributed by atoms with Crippen LogP contribution in [0.5, 0.6) is 0 Å². The van der Waals surface area contributed by atoms with Gasteiger partial charge in [0.1, 0.15) is 17.3 Å². The number of H-pyrrole nitrogens is 1. The summed E-state index contributed by atoms with van der Waals surface area (Å²) in [5.74, 6) is -1.31. The lowest BCUT2D eigenvalue weighted by Gasteiger charge is -2.08. The van der Waals surface area contributed by atoms with E-state index in [4.69, 9.17) is 5.11 Å². The molecule has 0 spiro atoms. The molecule has 0 atom stereocenters. The van der Waals surface area contributed by atoms with E-state index in [9.17, 15) is 8.78 Å². The predicted molar refractivity (Wildman–Crippen MR) is 101 cm³/mol. The first kappa shape index (κ1) is 18.2. The van der Waals surface area contributed by atoms with Crippen molar-refractivity contribution in [2.24, 2.45) is 7.05 Å². The standard InChI is InChI=1S/C20H19F2N5O/c1-27-11-13(9-24-27)20-14-8-17(23-10-18(14)25-26-20)19-15(21)6-12(7-16(19)22)4-2-3-5-28/h6-11,28H,2-5H2,1H3,(H,25,26). The van der Waals surface area contributed by atoms with Crippen LogP contribution in [-0.2, 0) is 13.5 Å². The van der Waals surface area contributed by atoms with E-state index >= 15 is 0 Å². The van der Waals surface area contributed by atoms with E-state index in [1.54, 1.807) is 24.0 Å². The molecule has 3 heterocycles. The Balaban J connectivity index is 1.75. The molecule has 1 aromatic carbocycles. The van der Waals surface area contributed by atoms with Crippen LogP contribution in [0.15, 0.2) is 36.8 Å². The maximum absolute atomic E-state index is 14.7. The van der Waals surface area contributed by atoms with Crippen LogP contribution in [0.25, 0.3) is 33.4 Å². The molecule has 3 aromatic heterocycles. The van der Waals surface area contributed by atoms with Gasteiger partial charge in [-0.2, -0.15) is 10.2 Å². The molecule has 0 fully saturated rings. The van der Waals surface area contributed by atoms with Crippen molar-refractivity contribution < 1.29 is 13.9 Å². The molecule has 144 valence electrons. The zero-order valence-electron chi connectivity index (χ0n) is 15.3. The highest BCUT2D eigenvalue weighted by atomic mass is 19.1. The number of aliphatic hydroxyl groups excluding tert-OH is 1. The fraction of sp³-hybridized carbons (Fsp3) is 0.250. The molecule has 0 saturated carbocycles. The second kappa shape index (κ2) is 7.47. The van der Waals surface area contributed by atoms with Crippen LogP contribution in [0, 0.1) is 11.6 Å². The number of nitrogens with zero attached hydrogens (tertiary/aromatic N) is 4. The van der Waals surface area contributed by atoms with Crippen LogP contribution in [0.3, 0.4) is 0 Å². The highest BCUT2D eigenvalue weighted by molar-refractivity contribution is 5.94. The van der Waals surface area contributed by atoms with Gasteiger partial charge in [-0.1, -0.05) is 0 Å². The van der Waals surface area contributed by atoms with Gasteiger partial charge in [0.25, 0.3) is 0 Å². The molecular formula is C20H19F2N5O. The topological polar surface area (TPSA) is 79.6 Å². The van der Waals surface area contributed by atoms with Crippen molar-refractivity contribution in [3.05, 3.63) is 54.0 Å². The van der Waals surface area contributed by atoms with Gasteiger partial charge >= 0.3 is 0 Å². The summed E-state index contributed by atoms with van der Waals surface area (Å²) < 4.78 is 31.0. The summed E-state index contributed by atoms with van der Waals surface area (Å²) in [4.78, 5) is 4.21. The molecule has 6 nitrogen and oxygen atoms in total. The lowest BCUT2D eigenvalue weighted by molar-refractivity contribution is 0.284. The van der Waals surface area contributed by atoms with Crippen molar-refractivity contribution in [1.29, 1.82) is 0 Å². The Morgan fingerprint density at radius 1 is 1.11 bits per heavy atom. The minimum absolute atomic E-state index is 0.0664. The first-order valence-electron chi connectivity index (χ1n) is 8.99. The predicted octanol–water partition coefficient (Wildman–Crippen LogP) is 3.62. The molecule has 4 aromatic rings. The smallest absolute Gasteiger partial charge is 0.135 e. The number of aromatic amines is 1. The Kier molecular flexibility index (Phi) is 4.87. The minimum Gasteiger partial charge on any atom is -0.396 e. The van der Waals surface area contributed by atoms with E-state index in [1.807, 2.05) is 6.20 Å². The highest BCUT2D eigenvalue weighted by Crippen LogP contribution is 2.31. The summed E-state index contributed by atoms with van der Waals surface area (Å²) >= 11 is 0. The van der Waals surface area contributed by atoms with E-state index in [0.717, 1.165) is 5.56 Å². The lowest BCUT2D eigenvalue weighted by atomic mass is 10.0. The van der Waals surface area contributed by atoms with Crippen LogP contribution in [0.2, 0.25) is 0 Å². The SMILES string of the molecule is Cn1cc(-c2n[nH]c3cnc(-c4c(F)cc(CCCCO)cc4F)cc23)cn1. The zero-order chi connectivity index (χ0) is 19.7. The normalized spacial score (nSPS) is 11.4. The van der Waals surface area contributed by atoms with Crippen molar-refractivity contribution >= 4 is 10.9 Å². The molecule has 0 saturated heterocycles. The number of benzene rings is 1. The number of aryl methyl sites for hydroxylation is 2. The third-order valence-electron chi connectivity index (χ3n) is 4.66. The van der Waals surface area contributed by atoms with Crippen LogP contribution in [0.4, 0.5) is 8.78 Å². The summed E-state index contributed by atoms with van der Waals surface area (Å²) in [5, 5.41) is 20.9. The molecule has 0 aliphatic carbocycles. The molecule has 0 bridgehead atoms. The van der Waals surface area contributed by atoms with Gasteiger partial charge in [0.2, 0.25) is 0 Å². The quantitative estimate of drug-likeness (QED) is 0.499. The molecule has 0 aliphatic rings. The molecule has 0 radical (unpaired) electrons. The second-order valence-corrected chi connectivity index (χ2v) is 6.71. The third kappa shape index (κ3) is 3.38. The van der Waals surface area contributed by atoms with Crippen molar-refractivity contribution in [3.8, 4) is 22.5 Å². The van der Waals surface area contributed by atoms with Crippen molar-refractivity contribution in [2.75, 3.05) is 6.61 Å². The average molecular weight is 383 g/mol. The molecule has 4 rings (SSSR count). The summed E-state index contributed by atoms with van der Waals surface area (Å²) in [5.41, 5.74) is 2.72. The number of pyridine rings is 1. The Hall–Kier alpha value is -3.13. The Morgan fingerprint density at radius 2 is 1.89 bits per heavy atom. The van der Waals surface area contributed by atoms with E-state index < -0.39 is 11.6 Å². The van der Waals surface area contributed by atoms with Crippen molar-refractivity contribution in [2.45, 2.75) is 19.3 Å². The van der Waals surface area contributed by atoms with E-state index in [0.29, 0.717) is 41.4 Å². The van der Waals surface area contributed by atoms with Gasteiger partial charge in [-0.3, -0.25) is 14.8 Å². The van der Waals surface area contributed by atoms with Crippen molar-refractivity contribution in [3.63, 3.8) is 0 Å². The van der Waals surface area contributed by atoms with E-state index in [2.05, 4.69) is 20.3 Å². The van der Waals surface area contributed by atoms with Gasteiger partial charge in [0.05, 0.1) is 29.2 Å². The zero-order valence-corrected chi connectivity index (χ0v) is 15.3. The van der Waals surface area contributed by atoms with Crippen LogP contribution < -0.4 is 0 Å². The van der Waals surface area contributed by atoms with Gasteiger partial charge in [-0.05, 0) is 43.0 Å². The number of hydrogen-bond donors (Lipinski definition) is 2. The number of hydrogen-bond acceptors (Lipinski definition) is 4. The van der Waals surface area contributed by atoms with Crippen LogP contribution >= 0.6 is 0 Å². The summed E-state index contributed by atoms with van der Waals surface area (Å²) in [6, 6.07) is 4.30. The van der Waals surface area contributed by atoms with Crippen molar-refractivity contribution in [1.82, 2.24) is 25.0 Å². The molecule has 0 amide bonds. The summed E-state index contributed by atoms with van der Waals surface area (Å²) in [7, 11) is 1.80. The van der Waals surface area contributed by atoms with Crippen LogP contribution in [0.1, 0.15) is 18.4 Å². The minimum atomic E-state index is -0.655. The van der Waals surface area contributed by atoms with E-state index in [1.165, 1.54) is 18.3 Å². The van der Waals surface area contributed by atoms with Gasteiger partial charge in [0.15, 0.2) is 0 Å². The number of halogens is 2. The first-order valence-corrected chi connectivity index (χ1v) is 8.99. The number of rotatable bonds is 6. The molecule has 0 unspecified atom stereocenters. The fourth-order valence-corrected chi connectivity index (χ4v) is 3.27. The number of nitrogens with one attached hydrogen (secondary N) is 1. The summed E-state index contributed by atoms with van der Waals surface area (Å²) in [6.07, 6.45) is 6.79. The number of aliphatic hydroxyl groups is 1. The van der Waals surface area contributed by atoms with Gasteiger partial charge in [-0.25, -0.2) is 8.78 Å². The lowest BCUT2D eigenvalue weighted by Crippen LogP contribution is -1.97. The third-order valence-corrected chi connectivity index (χ3v) is 4.66. The molecular weight excluding hydrogens is 364 g/mol. The van der Waals surface area contributed by atoms with Crippen LogP contribution in [-0.4, -0.2) is 36.7 Å². The average Bonchev–Trinajstić information content (AvgIpc) is 3.27. The maximum Gasteiger partial charge on any atom is 0.135 e. The molecule has 28 heavy (non-hydrogen) atoms. The largest absolute Gasteiger partial charge is 0.396 e. The molecule has 8 heteroatoms. The summed E-state index contributed by atoms with van der Waals surface area (Å²) in [6.45, 7) is 0.0664. The van der Waals surface area contributed by atoms with Gasteiger partial charge in [-0.15, -0.1) is 0 Å². The van der Waals surface area contributed by atoms with Gasteiger partial charge < -0.3 is 5.11 Å². The monoisotopic (exact) mass is 383 g/mol. The Bertz CT molecular complexity index is 1110. The Morgan fingerprint density at radius 3 is 2.57 bits per heavy atom. The van der Waals surface area contributed by atoms with E-state index in [-0.39, 0.29) is 17.9 Å². The Labute approximate surface area is 159 Å². The highest BCUT2D eigenvalue weighted by Gasteiger charge is 2.17. The number of aromatic nitrogens is 5. The molecule has 0 aliphatic heterocycles. The number of unbranched alkanes of at least 4 members (excludes halogenated alkanes) is 1. The first-order chi connectivity index (χ1) is 13.6. The maximum atomic E-state index is 14.7. The fourth-order valence-electron chi connectivity index (χ4n) is 3.27. The van der Waals surface area contributed by atoms with Gasteiger partial charge in [0, 0.05) is 30.8 Å². The second-order valence-electron chi connectivity index (χ2n) is 6.71.